The Morgan fingerprint density at radius 1 is 1.69 bits per heavy atom. The molecule has 0 aliphatic carbocycles. The monoisotopic (exact) mass is 240 g/mol. The minimum atomic E-state index is -1.07. The Kier molecular flexibility index (Phi) is 2.77. The molecule has 6 heteroatoms. The van der Waals surface area contributed by atoms with Crippen molar-refractivity contribution < 1.29 is 14.7 Å². The van der Waals surface area contributed by atoms with Gasteiger partial charge < -0.3 is 10.8 Å². The molecule has 0 saturated carbocycles. The lowest BCUT2D eigenvalue weighted by molar-refractivity contribution is -0.147. The van der Waals surface area contributed by atoms with Crippen molar-refractivity contribution in [3.05, 3.63) is 23.4 Å². The number of nitrogens with zero attached hydrogens (tertiary/aromatic N) is 1. The van der Waals surface area contributed by atoms with Crippen molar-refractivity contribution in [3.63, 3.8) is 0 Å². The van der Waals surface area contributed by atoms with Gasteiger partial charge in [-0.1, -0.05) is 12.2 Å². The zero-order chi connectivity index (χ0) is 11.9. The van der Waals surface area contributed by atoms with E-state index in [-0.39, 0.29) is 17.0 Å². The van der Waals surface area contributed by atoms with E-state index in [4.69, 9.17) is 10.8 Å². The van der Waals surface area contributed by atoms with E-state index >= 15 is 0 Å². The van der Waals surface area contributed by atoms with Crippen molar-refractivity contribution >= 4 is 23.6 Å². The zero-order valence-electron chi connectivity index (χ0n) is 8.71. The molecule has 0 radical (unpaired) electrons. The van der Waals surface area contributed by atoms with E-state index < -0.39 is 12.0 Å². The van der Waals surface area contributed by atoms with Gasteiger partial charge in [-0.25, -0.2) is 4.79 Å². The van der Waals surface area contributed by atoms with E-state index in [1.165, 1.54) is 16.7 Å². The van der Waals surface area contributed by atoms with E-state index in [2.05, 4.69) is 0 Å². The summed E-state index contributed by atoms with van der Waals surface area (Å²) >= 11 is 1.50. The molecule has 2 aliphatic heterocycles. The van der Waals surface area contributed by atoms with Crippen LogP contribution in [-0.2, 0) is 9.59 Å². The van der Waals surface area contributed by atoms with E-state index in [0.717, 1.165) is 0 Å². The van der Waals surface area contributed by atoms with Gasteiger partial charge >= 0.3 is 5.97 Å². The van der Waals surface area contributed by atoms with E-state index in [1.807, 2.05) is 6.92 Å². The second-order valence-corrected chi connectivity index (χ2v) is 4.72. The number of fused-ring (bicyclic) bond motifs is 1. The molecule has 5 nitrogen and oxygen atoms in total. The minimum absolute atomic E-state index is 0.0774. The fourth-order valence-electron chi connectivity index (χ4n) is 1.87. The van der Waals surface area contributed by atoms with Gasteiger partial charge in [-0.15, -0.1) is 11.8 Å². The molecule has 2 rings (SSSR count). The van der Waals surface area contributed by atoms with Gasteiger partial charge in [0, 0.05) is 5.75 Å². The number of rotatable bonds is 2. The first-order valence-electron chi connectivity index (χ1n) is 4.87. The standard InChI is InChI=1S/C10H12N2O3S/c1-2-3-5-4-16-9-6(11)8(13)12(9)7(5)10(14)15/h2-3,6,9H,4,11H2,1H3,(H,14,15)/b3-2-/t6-,9-/m1/s1. The van der Waals surface area contributed by atoms with Gasteiger partial charge in [0.25, 0.3) is 0 Å². The third-order valence-corrected chi connectivity index (χ3v) is 3.93. The van der Waals surface area contributed by atoms with Gasteiger partial charge in [-0.3, -0.25) is 9.69 Å². The molecular formula is C10H12N2O3S. The Bertz CT molecular complexity index is 416. The normalized spacial score (nSPS) is 29.4. The first-order valence-corrected chi connectivity index (χ1v) is 5.92. The number of amides is 1. The highest BCUT2D eigenvalue weighted by Crippen LogP contribution is 2.39. The summed E-state index contributed by atoms with van der Waals surface area (Å²) in [6, 6.07) is -0.563. The largest absolute Gasteiger partial charge is 0.477 e. The second-order valence-electron chi connectivity index (χ2n) is 3.61. The molecule has 0 bridgehead atoms. The number of nitrogens with two attached hydrogens (primary N) is 1. The molecule has 16 heavy (non-hydrogen) atoms. The van der Waals surface area contributed by atoms with Crippen LogP contribution in [0.1, 0.15) is 6.92 Å². The van der Waals surface area contributed by atoms with Crippen LogP contribution in [0.3, 0.4) is 0 Å². The summed E-state index contributed by atoms with van der Waals surface area (Å²) in [6.07, 6.45) is 3.49. The molecule has 2 heterocycles. The van der Waals surface area contributed by atoms with Gasteiger partial charge in [-0.05, 0) is 12.5 Å². The Balaban J connectivity index is 2.41. The van der Waals surface area contributed by atoms with Crippen molar-refractivity contribution in [2.75, 3.05) is 5.75 Å². The van der Waals surface area contributed by atoms with E-state index in [9.17, 15) is 9.59 Å². The summed E-state index contributed by atoms with van der Waals surface area (Å²) in [5.74, 6) is -0.802. The number of carbonyl (C=O) groups is 2. The van der Waals surface area contributed by atoms with Crippen LogP contribution in [0.2, 0.25) is 0 Å². The highest BCUT2D eigenvalue weighted by molar-refractivity contribution is 8.00. The SMILES string of the molecule is C/C=C\C1=C(C(=O)O)N2C(=O)[C@@H](N)[C@H]2SC1. The number of aliphatic carboxylic acids is 1. The maximum Gasteiger partial charge on any atom is 0.352 e. The molecule has 0 aromatic carbocycles. The fourth-order valence-corrected chi connectivity index (χ4v) is 3.13. The lowest BCUT2D eigenvalue weighted by Crippen LogP contribution is -2.68. The number of thioether (sulfide) groups is 1. The summed E-state index contributed by atoms with van der Waals surface area (Å²) in [5.41, 5.74) is 6.35. The van der Waals surface area contributed by atoms with Gasteiger partial charge in [0.15, 0.2) is 0 Å². The Hall–Kier alpha value is -1.27. The van der Waals surface area contributed by atoms with Crippen LogP contribution in [0.5, 0.6) is 0 Å². The molecular weight excluding hydrogens is 228 g/mol. The van der Waals surface area contributed by atoms with Gasteiger partial charge in [-0.2, -0.15) is 0 Å². The molecule has 0 aromatic rings. The molecule has 86 valence electrons. The predicted octanol–water partition coefficient (Wildman–Crippen LogP) is 0.144. The van der Waals surface area contributed by atoms with Crippen LogP contribution in [0.4, 0.5) is 0 Å². The molecule has 0 aromatic heterocycles. The third kappa shape index (κ3) is 1.45. The summed E-state index contributed by atoms with van der Waals surface area (Å²) in [7, 11) is 0. The van der Waals surface area contributed by atoms with Crippen molar-refractivity contribution in [2.45, 2.75) is 18.3 Å². The van der Waals surface area contributed by atoms with Crippen LogP contribution in [0.25, 0.3) is 0 Å². The van der Waals surface area contributed by atoms with Crippen molar-refractivity contribution in [3.8, 4) is 0 Å². The highest BCUT2D eigenvalue weighted by Gasteiger charge is 2.51. The minimum Gasteiger partial charge on any atom is -0.477 e. The average molecular weight is 240 g/mol. The summed E-state index contributed by atoms with van der Waals surface area (Å²) in [5, 5.41) is 8.91. The first-order chi connectivity index (χ1) is 7.57. The number of allylic oxidation sites excluding steroid dienone is 2. The van der Waals surface area contributed by atoms with Crippen LogP contribution in [0.15, 0.2) is 23.4 Å². The molecule has 1 fully saturated rings. The molecule has 0 spiro atoms. The van der Waals surface area contributed by atoms with E-state index in [1.54, 1.807) is 12.2 Å². The average Bonchev–Trinajstić information content (AvgIpc) is 2.27. The fraction of sp³-hybridized carbons (Fsp3) is 0.400. The highest BCUT2D eigenvalue weighted by atomic mass is 32.2. The number of hydrogen-bond acceptors (Lipinski definition) is 4. The number of carboxylic acids is 1. The number of β-lactam (4-membered cyclic amide) rings is 1. The molecule has 3 N–H and O–H groups in total. The Labute approximate surface area is 97.0 Å². The van der Waals surface area contributed by atoms with Crippen LogP contribution in [-0.4, -0.2) is 39.1 Å². The second kappa shape index (κ2) is 3.95. The van der Waals surface area contributed by atoms with Crippen molar-refractivity contribution in [1.29, 1.82) is 0 Å². The Morgan fingerprint density at radius 2 is 2.38 bits per heavy atom. The quantitative estimate of drug-likeness (QED) is 0.671. The van der Waals surface area contributed by atoms with E-state index in [0.29, 0.717) is 11.3 Å². The first kappa shape index (κ1) is 11.2. The summed E-state index contributed by atoms with van der Waals surface area (Å²) in [6.45, 7) is 1.81. The van der Waals surface area contributed by atoms with Crippen LogP contribution < -0.4 is 5.73 Å². The van der Waals surface area contributed by atoms with Crippen molar-refractivity contribution in [1.82, 2.24) is 4.90 Å². The van der Waals surface area contributed by atoms with Gasteiger partial charge in [0.05, 0.1) is 0 Å². The van der Waals surface area contributed by atoms with Crippen LogP contribution in [0, 0.1) is 0 Å². The molecule has 1 saturated heterocycles. The predicted molar refractivity (Wildman–Crippen MR) is 60.5 cm³/mol. The number of carbonyl (C=O) groups excluding carboxylic acids is 1. The maximum atomic E-state index is 11.5. The molecule has 2 atom stereocenters. The van der Waals surface area contributed by atoms with Gasteiger partial charge in [0.2, 0.25) is 5.91 Å². The van der Waals surface area contributed by atoms with Crippen molar-refractivity contribution in [2.24, 2.45) is 5.73 Å². The lowest BCUT2D eigenvalue weighted by Gasteiger charge is -2.47. The zero-order valence-corrected chi connectivity index (χ0v) is 9.53. The number of carboxylic acid groups (broad SMARTS) is 1. The molecule has 0 unspecified atom stereocenters. The summed E-state index contributed by atoms with van der Waals surface area (Å²) in [4.78, 5) is 24.0. The maximum absolute atomic E-state index is 11.5. The topological polar surface area (TPSA) is 83.6 Å². The third-order valence-electron chi connectivity index (χ3n) is 2.61. The van der Waals surface area contributed by atoms with Crippen LogP contribution >= 0.6 is 11.8 Å². The van der Waals surface area contributed by atoms with Gasteiger partial charge in [0.1, 0.15) is 17.1 Å². The lowest BCUT2D eigenvalue weighted by atomic mass is 10.0. The smallest absolute Gasteiger partial charge is 0.352 e. The summed E-state index contributed by atoms with van der Waals surface area (Å²) < 4.78 is 0. The molecule has 1 amide bonds. The number of hydrogen-bond donors (Lipinski definition) is 2. The molecule has 2 aliphatic rings. The Morgan fingerprint density at radius 3 is 2.94 bits per heavy atom.